The molecule has 0 radical (unpaired) electrons. The van der Waals surface area contributed by atoms with Crippen LogP contribution in [0.15, 0.2) is 0 Å². The molecule has 16 heavy (non-hydrogen) atoms. The number of nitrogens with zero attached hydrogens (tertiary/aromatic N) is 2. The fraction of sp³-hybridized carbons (Fsp3) is 0.909. The van der Waals surface area contributed by atoms with Crippen molar-refractivity contribution in [2.75, 3.05) is 6.54 Å². The predicted molar refractivity (Wildman–Crippen MR) is 64.6 cm³/mol. The van der Waals surface area contributed by atoms with Gasteiger partial charge in [-0.05, 0) is 24.6 Å². The maximum Gasteiger partial charge on any atom is 0.192 e. The molecule has 0 aliphatic carbocycles. The number of hydroxylamine groups is 2. The van der Waals surface area contributed by atoms with E-state index in [0.717, 1.165) is 11.5 Å². The van der Waals surface area contributed by atoms with E-state index in [-0.39, 0.29) is 11.1 Å². The molecule has 0 aromatic carbocycles. The molecule has 2 unspecified atom stereocenters. The summed E-state index contributed by atoms with van der Waals surface area (Å²) in [5, 5.41) is 19.7. The highest BCUT2D eigenvalue weighted by Crippen LogP contribution is 2.38. The quantitative estimate of drug-likeness (QED) is 0.755. The summed E-state index contributed by atoms with van der Waals surface area (Å²) in [5.74, 6) is 0. The lowest BCUT2D eigenvalue weighted by Crippen LogP contribution is -2.46. The first-order valence-electron chi connectivity index (χ1n) is 5.72. The molecule has 1 heterocycles. The average molecular weight is 242 g/mol. The molecule has 0 amide bonds. The molecule has 5 heteroatoms. The normalized spacial score (nSPS) is 28.1. The molecule has 0 spiro atoms. The van der Waals surface area contributed by atoms with Crippen LogP contribution in [-0.4, -0.2) is 37.3 Å². The summed E-state index contributed by atoms with van der Waals surface area (Å²) in [6, 6.07) is 1.61. The Morgan fingerprint density at radius 1 is 1.44 bits per heavy atom. The molecule has 92 valence electrons. The minimum Gasteiger partial charge on any atom is -0.411 e. The highest BCUT2D eigenvalue weighted by Gasteiger charge is 2.43. The van der Waals surface area contributed by atoms with Gasteiger partial charge < -0.3 is 9.63 Å². The van der Waals surface area contributed by atoms with E-state index >= 15 is 0 Å². The Morgan fingerprint density at radius 3 is 2.44 bits per heavy atom. The largest absolute Gasteiger partial charge is 0.411 e. The van der Waals surface area contributed by atoms with Crippen LogP contribution in [0.1, 0.15) is 27.2 Å². The lowest BCUT2D eigenvalue weighted by atomic mass is 10.2. The molecule has 0 saturated carbocycles. The van der Waals surface area contributed by atoms with E-state index in [1.54, 1.807) is 0 Å². The summed E-state index contributed by atoms with van der Waals surface area (Å²) in [6.45, 7) is 11.4. The monoisotopic (exact) mass is 242 g/mol. The van der Waals surface area contributed by atoms with Crippen molar-refractivity contribution in [2.45, 2.75) is 57.5 Å². The molecule has 4 nitrogen and oxygen atoms in total. The van der Waals surface area contributed by atoms with Crippen molar-refractivity contribution in [1.82, 2.24) is 5.06 Å². The minimum atomic E-state index is -1.85. The molecule has 1 saturated heterocycles. The summed E-state index contributed by atoms with van der Waals surface area (Å²) in [4.78, 5) is 0. The fourth-order valence-electron chi connectivity index (χ4n) is 1.58. The Bertz CT molecular complexity index is 293. The fourth-order valence-corrected chi connectivity index (χ4v) is 2.93. The number of hydrogen-bond acceptors (Lipinski definition) is 4. The van der Waals surface area contributed by atoms with Crippen molar-refractivity contribution in [3.05, 3.63) is 0 Å². The first kappa shape index (κ1) is 13.7. The first-order valence-corrected chi connectivity index (χ1v) is 8.63. The second-order valence-corrected chi connectivity index (χ2v) is 10.7. The standard InChI is InChI=1S/C11H22N2O2Si/c1-11(2,3)16(4,5)15-10-6-7-13(14)9(10)8-12/h9-10,14H,6-7H2,1-5H3. The van der Waals surface area contributed by atoms with Gasteiger partial charge in [-0.3, -0.25) is 0 Å². The van der Waals surface area contributed by atoms with Gasteiger partial charge in [-0.25, -0.2) is 0 Å². The summed E-state index contributed by atoms with van der Waals surface area (Å²) in [7, 11) is -1.85. The first-order chi connectivity index (χ1) is 7.19. The average Bonchev–Trinajstić information content (AvgIpc) is 2.44. The van der Waals surface area contributed by atoms with Gasteiger partial charge in [0.25, 0.3) is 0 Å². The maximum atomic E-state index is 9.51. The second-order valence-electron chi connectivity index (χ2n) is 5.94. The van der Waals surface area contributed by atoms with Crippen LogP contribution in [0.5, 0.6) is 0 Å². The van der Waals surface area contributed by atoms with Crippen molar-refractivity contribution in [1.29, 1.82) is 5.26 Å². The summed E-state index contributed by atoms with van der Waals surface area (Å²) in [5.41, 5.74) is 0. The van der Waals surface area contributed by atoms with Crippen LogP contribution in [0, 0.1) is 11.3 Å². The van der Waals surface area contributed by atoms with Crippen molar-refractivity contribution < 1.29 is 9.63 Å². The van der Waals surface area contributed by atoms with E-state index in [0.29, 0.717) is 6.54 Å². The van der Waals surface area contributed by atoms with Crippen LogP contribution >= 0.6 is 0 Å². The van der Waals surface area contributed by atoms with Gasteiger partial charge in [0, 0.05) is 6.54 Å². The van der Waals surface area contributed by atoms with Gasteiger partial charge in [-0.15, -0.1) is 0 Å². The maximum absolute atomic E-state index is 9.51. The van der Waals surface area contributed by atoms with E-state index in [9.17, 15) is 5.21 Å². The van der Waals surface area contributed by atoms with E-state index in [1.165, 1.54) is 0 Å². The van der Waals surface area contributed by atoms with E-state index in [4.69, 9.17) is 9.69 Å². The Hall–Kier alpha value is -0.413. The Labute approximate surface area is 98.9 Å². The summed E-state index contributed by atoms with van der Waals surface area (Å²) < 4.78 is 6.15. The molecule has 1 N–H and O–H groups in total. The SMILES string of the molecule is CC(C)(C)[Si](C)(C)OC1CCN(O)C1C#N. The van der Waals surface area contributed by atoms with E-state index in [1.807, 2.05) is 0 Å². The molecule has 1 rings (SSSR count). The van der Waals surface area contributed by atoms with Crippen LogP contribution in [0.2, 0.25) is 18.1 Å². The lowest BCUT2D eigenvalue weighted by Gasteiger charge is -2.39. The number of nitriles is 1. The third kappa shape index (κ3) is 2.63. The van der Waals surface area contributed by atoms with E-state index in [2.05, 4.69) is 39.9 Å². The highest BCUT2D eigenvalue weighted by atomic mass is 28.4. The Morgan fingerprint density at radius 2 is 2.00 bits per heavy atom. The third-order valence-corrected chi connectivity index (χ3v) is 8.20. The number of rotatable bonds is 2. The van der Waals surface area contributed by atoms with Crippen LogP contribution in [0.3, 0.4) is 0 Å². The summed E-state index contributed by atoms with van der Waals surface area (Å²) >= 11 is 0. The molecule has 0 bridgehead atoms. The molecule has 0 aromatic rings. The van der Waals surface area contributed by atoms with Crippen molar-refractivity contribution in [2.24, 2.45) is 0 Å². The van der Waals surface area contributed by atoms with Crippen molar-refractivity contribution in [3.8, 4) is 6.07 Å². The van der Waals surface area contributed by atoms with Crippen LogP contribution in [0.4, 0.5) is 0 Å². The van der Waals surface area contributed by atoms with Gasteiger partial charge in [-0.2, -0.15) is 10.3 Å². The Kier molecular flexibility index (Phi) is 3.80. The van der Waals surface area contributed by atoms with Gasteiger partial charge >= 0.3 is 0 Å². The molecule has 1 aliphatic rings. The Balaban J connectivity index is 2.72. The van der Waals surface area contributed by atoms with Gasteiger partial charge in [0.1, 0.15) is 6.04 Å². The van der Waals surface area contributed by atoms with Crippen LogP contribution in [-0.2, 0) is 4.43 Å². The minimum absolute atomic E-state index is 0.135. The molecule has 1 aliphatic heterocycles. The highest BCUT2D eigenvalue weighted by molar-refractivity contribution is 6.74. The van der Waals surface area contributed by atoms with Crippen molar-refractivity contribution >= 4 is 8.32 Å². The zero-order chi connectivity index (χ0) is 12.6. The van der Waals surface area contributed by atoms with Gasteiger partial charge in [0.2, 0.25) is 0 Å². The van der Waals surface area contributed by atoms with Crippen LogP contribution < -0.4 is 0 Å². The third-order valence-electron chi connectivity index (χ3n) is 3.70. The van der Waals surface area contributed by atoms with Gasteiger partial charge in [0.05, 0.1) is 12.2 Å². The zero-order valence-corrected chi connectivity index (χ0v) is 11.8. The smallest absolute Gasteiger partial charge is 0.192 e. The molecular weight excluding hydrogens is 220 g/mol. The predicted octanol–water partition coefficient (Wildman–Crippen LogP) is 2.36. The van der Waals surface area contributed by atoms with E-state index < -0.39 is 14.4 Å². The van der Waals surface area contributed by atoms with Gasteiger partial charge in [-0.1, -0.05) is 20.8 Å². The molecule has 1 fully saturated rings. The van der Waals surface area contributed by atoms with Crippen molar-refractivity contribution in [3.63, 3.8) is 0 Å². The topological polar surface area (TPSA) is 56.5 Å². The molecular formula is C11H22N2O2Si. The lowest BCUT2D eigenvalue weighted by molar-refractivity contribution is -0.0972. The van der Waals surface area contributed by atoms with Gasteiger partial charge in [0.15, 0.2) is 8.32 Å². The second kappa shape index (κ2) is 4.45. The number of hydrogen-bond donors (Lipinski definition) is 1. The summed E-state index contributed by atoms with van der Waals surface area (Å²) in [6.07, 6.45) is 0.595. The molecule has 0 aromatic heterocycles. The zero-order valence-electron chi connectivity index (χ0n) is 10.8. The van der Waals surface area contributed by atoms with Crippen LogP contribution in [0.25, 0.3) is 0 Å². The molecule has 2 atom stereocenters.